The summed E-state index contributed by atoms with van der Waals surface area (Å²) >= 11 is 0. The van der Waals surface area contributed by atoms with E-state index in [1.165, 1.54) is 19.3 Å². The second kappa shape index (κ2) is 4.80. The number of hydrogen-bond donors (Lipinski definition) is 2. The van der Waals surface area contributed by atoms with Gasteiger partial charge in [-0.05, 0) is 40.3 Å². The highest BCUT2D eigenvalue weighted by atomic mass is 16.5. The Hall–Kier alpha value is -0.120. The standard InChI is InChI=1S/C9H20N2O/c1-7(10-2)12-9-6-4-5-8(9)11-3/h7-11H,4-6H2,1-3H3. The van der Waals surface area contributed by atoms with Crippen molar-refractivity contribution in [3.05, 3.63) is 0 Å². The van der Waals surface area contributed by atoms with Gasteiger partial charge in [0.15, 0.2) is 0 Å². The van der Waals surface area contributed by atoms with Gasteiger partial charge in [-0.1, -0.05) is 0 Å². The molecule has 3 nitrogen and oxygen atoms in total. The van der Waals surface area contributed by atoms with Crippen LogP contribution < -0.4 is 10.6 Å². The van der Waals surface area contributed by atoms with Gasteiger partial charge in [0.1, 0.15) is 6.23 Å². The van der Waals surface area contributed by atoms with Gasteiger partial charge in [0.25, 0.3) is 0 Å². The fraction of sp³-hybridized carbons (Fsp3) is 1.00. The van der Waals surface area contributed by atoms with Crippen molar-refractivity contribution in [2.24, 2.45) is 0 Å². The van der Waals surface area contributed by atoms with Crippen molar-refractivity contribution < 1.29 is 4.74 Å². The molecule has 1 aliphatic rings. The summed E-state index contributed by atoms with van der Waals surface area (Å²) in [5.41, 5.74) is 0. The molecule has 1 aliphatic carbocycles. The predicted octanol–water partition coefficient (Wildman–Crippen LogP) is 0.709. The van der Waals surface area contributed by atoms with Crippen LogP contribution in [0.15, 0.2) is 0 Å². The molecular formula is C9H20N2O. The molecule has 0 aliphatic heterocycles. The Morgan fingerprint density at radius 2 is 2.08 bits per heavy atom. The molecule has 0 aromatic carbocycles. The fourth-order valence-electron chi connectivity index (χ4n) is 1.75. The van der Waals surface area contributed by atoms with Crippen LogP contribution in [0.2, 0.25) is 0 Å². The minimum Gasteiger partial charge on any atom is -0.359 e. The summed E-state index contributed by atoms with van der Waals surface area (Å²) < 4.78 is 5.79. The van der Waals surface area contributed by atoms with Crippen molar-refractivity contribution in [2.45, 2.75) is 44.6 Å². The Labute approximate surface area is 74.9 Å². The minimum absolute atomic E-state index is 0.170. The fourth-order valence-corrected chi connectivity index (χ4v) is 1.75. The SMILES string of the molecule is CNC(C)OC1CCCC1NC. The Morgan fingerprint density at radius 1 is 1.33 bits per heavy atom. The first-order valence-electron chi connectivity index (χ1n) is 4.78. The van der Waals surface area contributed by atoms with Crippen LogP contribution in [0, 0.1) is 0 Å². The molecule has 0 heterocycles. The van der Waals surface area contributed by atoms with E-state index in [0.717, 1.165) is 0 Å². The Morgan fingerprint density at radius 3 is 2.67 bits per heavy atom. The molecule has 1 fully saturated rings. The summed E-state index contributed by atoms with van der Waals surface area (Å²) in [5.74, 6) is 0. The largest absolute Gasteiger partial charge is 0.359 e. The van der Waals surface area contributed by atoms with Crippen molar-refractivity contribution >= 4 is 0 Å². The quantitative estimate of drug-likeness (QED) is 0.613. The maximum atomic E-state index is 5.79. The molecule has 0 saturated heterocycles. The van der Waals surface area contributed by atoms with Crippen LogP contribution in [0.1, 0.15) is 26.2 Å². The summed E-state index contributed by atoms with van der Waals surface area (Å²) in [7, 11) is 3.93. The second-order valence-electron chi connectivity index (χ2n) is 3.43. The van der Waals surface area contributed by atoms with E-state index in [2.05, 4.69) is 10.6 Å². The lowest BCUT2D eigenvalue weighted by atomic mass is 10.2. The molecular weight excluding hydrogens is 152 g/mol. The van der Waals surface area contributed by atoms with Crippen LogP contribution in [0.4, 0.5) is 0 Å². The third kappa shape index (κ3) is 2.44. The van der Waals surface area contributed by atoms with Gasteiger partial charge < -0.3 is 10.1 Å². The average Bonchev–Trinajstić information content (AvgIpc) is 2.51. The van der Waals surface area contributed by atoms with E-state index < -0.39 is 0 Å². The Balaban J connectivity index is 2.30. The van der Waals surface area contributed by atoms with Gasteiger partial charge >= 0.3 is 0 Å². The van der Waals surface area contributed by atoms with E-state index in [1.54, 1.807) is 0 Å². The minimum atomic E-state index is 0.170. The zero-order valence-electron chi connectivity index (χ0n) is 8.26. The molecule has 0 bridgehead atoms. The van der Waals surface area contributed by atoms with Gasteiger partial charge in [0.2, 0.25) is 0 Å². The topological polar surface area (TPSA) is 33.3 Å². The van der Waals surface area contributed by atoms with Crippen LogP contribution in [-0.4, -0.2) is 32.5 Å². The van der Waals surface area contributed by atoms with Crippen LogP contribution >= 0.6 is 0 Å². The lowest BCUT2D eigenvalue weighted by Crippen LogP contribution is -2.39. The van der Waals surface area contributed by atoms with Crippen molar-refractivity contribution in [3.63, 3.8) is 0 Å². The molecule has 3 unspecified atom stereocenters. The summed E-state index contributed by atoms with van der Waals surface area (Å²) in [4.78, 5) is 0. The lowest BCUT2D eigenvalue weighted by molar-refractivity contribution is -0.0234. The van der Waals surface area contributed by atoms with E-state index in [-0.39, 0.29) is 6.23 Å². The van der Waals surface area contributed by atoms with E-state index in [0.29, 0.717) is 12.1 Å². The molecule has 2 N–H and O–H groups in total. The van der Waals surface area contributed by atoms with Gasteiger partial charge in [0.05, 0.1) is 6.10 Å². The average molecular weight is 172 g/mol. The maximum Gasteiger partial charge on any atom is 0.105 e. The van der Waals surface area contributed by atoms with Gasteiger partial charge in [-0.15, -0.1) is 0 Å². The van der Waals surface area contributed by atoms with Crippen molar-refractivity contribution in [1.82, 2.24) is 10.6 Å². The summed E-state index contributed by atoms with van der Waals surface area (Å²) in [6.07, 6.45) is 4.29. The highest BCUT2D eigenvalue weighted by Crippen LogP contribution is 2.22. The third-order valence-corrected chi connectivity index (χ3v) is 2.61. The summed E-state index contributed by atoms with van der Waals surface area (Å²) in [5, 5.41) is 6.38. The third-order valence-electron chi connectivity index (χ3n) is 2.61. The summed E-state index contributed by atoms with van der Waals surface area (Å²) in [6, 6.07) is 0.556. The Kier molecular flexibility index (Phi) is 3.98. The summed E-state index contributed by atoms with van der Waals surface area (Å²) in [6.45, 7) is 2.05. The van der Waals surface area contributed by atoms with Crippen LogP contribution in [0.5, 0.6) is 0 Å². The van der Waals surface area contributed by atoms with E-state index >= 15 is 0 Å². The smallest absolute Gasteiger partial charge is 0.105 e. The van der Waals surface area contributed by atoms with Gasteiger partial charge in [-0.2, -0.15) is 0 Å². The monoisotopic (exact) mass is 172 g/mol. The molecule has 1 rings (SSSR count). The zero-order chi connectivity index (χ0) is 8.97. The number of nitrogens with one attached hydrogen (secondary N) is 2. The first-order valence-corrected chi connectivity index (χ1v) is 4.78. The number of ether oxygens (including phenoxy) is 1. The maximum absolute atomic E-state index is 5.79. The van der Waals surface area contributed by atoms with Crippen LogP contribution in [-0.2, 0) is 4.74 Å². The number of rotatable bonds is 4. The highest BCUT2D eigenvalue weighted by molar-refractivity contribution is 4.83. The van der Waals surface area contributed by atoms with E-state index in [1.807, 2.05) is 21.0 Å². The van der Waals surface area contributed by atoms with Gasteiger partial charge in [0, 0.05) is 6.04 Å². The van der Waals surface area contributed by atoms with Crippen molar-refractivity contribution in [1.29, 1.82) is 0 Å². The van der Waals surface area contributed by atoms with Crippen molar-refractivity contribution in [3.8, 4) is 0 Å². The van der Waals surface area contributed by atoms with Gasteiger partial charge in [-0.3, -0.25) is 5.32 Å². The second-order valence-corrected chi connectivity index (χ2v) is 3.43. The zero-order valence-corrected chi connectivity index (χ0v) is 8.26. The lowest BCUT2D eigenvalue weighted by Gasteiger charge is -2.23. The molecule has 0 spiro atoms. The van der Waals surface area contributed by atoms with E-state index in [9.17, 15) is 0 Å². The number of hydrogen-bond acceptors (Lipinski definition) is 3. The molecule has 0 aromatic rings. The molecule has 0 amide bonds. The molecule has 0 radical (unpaired) electrons. The van der Waals surface area contributed by atoms with Crippen molar-refractivity contribution in [2.75, 3.05) is 14.1 Å². The van der Waals surface area contributed by atoms with Crippen LogP contribution in [0.25, 0.3) is 0 Å². The highest BCUT2D eigenvalue weighted by Gasteiger charge is 2.27. The van der Waals surface area contributed by atoms with Crippen LogP contribution in [0.3, 0.4) is 0 Å². The van der Waals surface area contributed by atoms with E-state index in [4.69, 9.17) is 4.74 Å². The molecule has 0 aromatic heterocycles. The Bertz CT molecular complexity index is 130. The molecule has 72 valence electrons. The number of likely N-dealkylation sites (N-methyl/N-ethyl adjacent to an activating group) is 1. The first-order chi connectivity index (χ1) is 5.77. The molecule has 12 heavy (non-hydrogen) atoms. The normalized spacial score (nSPS) is 32.2. The molecule has 3 atom stereocenters. The predicted molar refractivity (Wildman–Crippen MR) is 50.1 cm³/mol. The molecule has 1 saturated carbocycles. The molecule has 3 heteroatoms. The van der Waals surface area contributed by atoms with Gasteiger partial charge in [-0.25, -0.2) is 0 Å². The first kappa shape index (κ1) is 9.96.